The number of benzene rings is 1. The summed E-state index contributed by atoms with van der Waals surface area (Å²) in [5.41, 5.74) is 0. The number of hydrogen-bond donors (Lipinski definition) is 2. The highest BCUT2D eigenvalue weighted by Gasteiger charge is 2.14. The topological polar surface area (TPSA) is 37.0 Å². The molecule has 0 saturated carbocycles. The average Bonchev–Trinajstić information content (AvgIpc) is 2.96. The van der Waals surface area contributed by atoms with Crippen molar-refractivity contribution in [3.63, 3.8) is 0 Å². The molecule has 3 rings (SSSR count). The zero-order valence-corrected chi connectivity index (χ0v) is 11.1. The lowest BCUT2D eigenvalue weighted by Crippen LogP contribution is -2.29. The molecule has 1 aromatic heterocycles. The lowest BCUT2D eigenvalue weighted by atomic mass is 10.2. The van der Waals surface area contributed by atoms with Crippen LogP contribution in [0.2, 0.25) is 0 Å². The second-order valence-electron chi connectivity index (χ2n) is 4.20. The highest BCUT2D eigenvalue weighted by atomic mass is 35.5. The fourth-order valence-corrected chi connectivity index (χ4v) is 2.92. The molecular formula is C12H16ClN3S. The summed E-state index contributed by atoms with van der Waals surface area (Å²) in [5.74, 6) is 1.04. The van der Waals surface area contributed by atoms with Gasteiger partial charge in [0.15, 0.2) is 0 Å². The van der Waals surface area contributed by atoms with Crippen LogP contribution in [0.25, 0.3) is 10.1 Å². The van der Waals surface area contributed by atoms with E-state index in [0.717, 1.165) is 18.9 Å². The Morgan fingerprint density at radius 1 is 1.41 bits per heavy atom. The maximum atomic E-state index is 4.46. The van der Waals surface area contributed by atoms with E-state index in [1.807, 2.05) is 0 Å². The Kier molecular flexibility index (Phi) is 4.20. The Bertz CT molecular complexity index is 479. The van der Waals surface area contributed by atoms with Crippen LogP contribution in [0.15, 0.2) is 24.3 Å². The van der Waals surface area contributed by atoms with Crippen molar-refractivity contribution in [2.45, 2.75) is 18.9 Å². The minimum atomic E-state index is 0. The van der Waals surface area contributed by atoms with Crippen molar-refractivity contribution < 1.29 is 0 Å². The van der Waals surface area contributed by atoms with Gasteiger partial charge in [0.25, 0.3) is 0 Å². The van der Waals surface area contributed by atoms with Gasteiger partial charge in [-0.15, -0.1) is 12.4 Å². The number of hydrogen-bond acceptors (Lipinski definition) is 4. The van der Waals surface area contributed by atoms with E-state index < -0.39 is 0 Å². The van der Waals surface area contributed by atoms with Gasteiger partial charge in [-0.05, 0) is 43.1 Å². The van der Waals surface area contributed by atoms with E-state index in [4.69, 9.17) is 0 Å². The van der Waals surface area contributed by atoms with Crippen LogP contribution in [0.4, 0.5) is 5.82 Å². The summed E-state index contributed by atoms with van der Waals surface area (Å²) in [6.07, 6.45) is 2.57. The molecule has 92 valence electrons. The van der Waals surface area contributed by atoms with Crippen molar-refractivity contribution in [1.29, 1.82) is 0 Å². The first-order valence-corrected chi connectivity index (χ1v) is 6.52. The first-order chi connectivity index (χ1) is 7.93. The molecule has 0 amide bonds. The number of nitrogens with one attached hydrogen (secondary N) is 2. The molecule has 0 aliphatic carbocycles. The van der Waals surface area contributed by atoms with Crippen molar-refractivity contribution in [3.8, 4) is 0 Å². The van der Waals surface area contributed by atoms with Crippen LogP contribution in [0.3, 0.4) is 0 Å². The number of nitrogens with zero attached hydrogens (tertiary/aromatic N) is 1. The predicted molar refractivity (Wildman–Crippen MR) is 76.4 cm³/mol. The predicted octanol–water partition coefficient (Wildman–Crippen LogP) is 2.88. The molecule has 2 N–H and O–H groups in total. The van der Waals surface area contributed by atoms with E-state index in [-0.39, 0.29) is 12.4 Å². The van der Waals surface area contributed by atoms with Gasteiger partial charge >= 0.3 is 0 Å². The minimum absolute atomic E-state index is 0. The van der Waals surface area contributed by atoms with Gasteiger partial charge in [-0.2, -0.15) is 4.37 Å². The van der Waals surface area contributed by atoms with Gasteiger partial charge < -0.3 is 10.6 Å². The normalized spacial score (nSPS) is 19.2. The zero-order chi connectivity index (χ0) is 10.8. The van der Waals surface area contributed by atoms with Crippen LogP contribution in [0.1, 0.15) is 12.8 Å². The van der Waals surface area contributed by atoms with Gasteiger partial charge in [-0.1, -0.05) is 12.1 Å². The number of rotatable bonds is 3. The highest BCUT2D eigenvalue weighted by Crippen LogP contribution is 2.26. The average molecular weight is 270 g/mol. The van der Waals surface area contributed by atoms with Crippen LogP contribution in [0, 0.1) is 0 Å². The first-order valence-electron chi connectivity index (χ1n) is 5.75. The molecule has 1 saturated heterocycles. The largest absolute Gasteiger partial charge is 0.367 e. The van der Waals surface area contributed by atoms with Crippen LogP contribution >= 0.6 is 23.9 Å². The molecular weight excluding hydrogens is 254 g/mol. The molecule has 1 aromatic carbocycles. The summed E-state index contributed by atoms with van der Waals surface area (Å²) in [6.45, 7) is 2.14. The van der Waals surface area contributed by atoms with E-state index in [0.29, 0.717) is 6.04 Å². The lowest BCUT2D eigenvalue weighted by Gasteiger charge is -2.10. The van der Waals surface area contributed by atoms with Crippen LogP contribution in [-0.4, -0.2) is 23.5 Å². The fraction of sp³-hybridized carbons (Fsp3) is 0.417. The molecule has 2 aromatic rings. The van der Waals surface area contributed by atoms with E-state index in [9.17, 15) is 0 Å². The number of fused-ring (bicyclic) bond motifs is 1. The van der Waals surface area contributed by atoms with Crippen LogP contribution in [-0.2, 0) is 0 Å². The number of anilines is 1. The summed E-state index contributed by atoms with van der Waals surface area (Å²) < 4.78 is 5.71. The van der Waals surface area contributed by atoms with Gasteiger partial charge in [-0.3, -0.25) is 0 Å². The van der Waals surface area contributed by atoms with Crippen molar-refractivity contribution in [2.75, 3.05) is 18.4 Å². The Morgan fingerprint density at radius 3 is 3.12 bits per heavy atom. The summed E-state index contributed by atoms with van der Waals surface area (Å²) in [5, 5.41) is 8.17. The second kappa shape index (κ2) is 5.67. The zero-order valence-electron chi connectivity index (χ0n) is 9.48. The van der Waals surface area contributed by atoms with Crippen molar-refractivity contribution in [1.82, 2.24) is 9.69 Å². The Balaban J connectivity index is 0.00000108. The van der Waals surface area contributed by atoms with E-state index in [2.05, 4.69) is 39.3 Å². The summed E-state index contributed by atoms with van der Waals surface area (Å²) in [4.78, 5) is 0. The molecule has 5 heteroatoms. The summed E-state index contributed by atoms with van der Waals surface area (Å²) in [7, 11) is 0. The maximum Gasteiger partial charge on any atom is 0.147 e. The van der Waals surface area contributed by atoms with E-state index in [1.165, 1.54) is 22.9 Å². The Labute approximate surface area is 111 Å². The molecule has 1 aliphatic heterocycles. The molecule has 0 radical (unpaired) electrons. The molecule has 0 bridgehead atoms. The van der Waals surface area contributed by atoms with E-state index >= 15 is 0 Å². The van der Waals surface area contributed by atoms with E-state index in [1.54, 1.807) is 11.5 Å². The van der Waals surface area contributed by atoms with Gasteiger partial charge in [0.2, 0.25) is 0 Å². The number of aromatic nitrogens is 1. The summed E-state index contributed by atoms with van der Waals surface area (Å²) >= 11 is 1.56. The molecule has 1 fully saturated rings. The Morgan fingerprint density at radius 2 is 2.29 bits per heavy atom. The van der Waals surface area contributed by atoms with Crippen LogP contribution in [0.5, 0.6) is 0 Å². The Hall–Kier alpha value is -0.840. The van der Waals surface area contributed by atoms with Crippen LogP contribution < -0.4 is 10.6 Å². The molecule has 1 atom stereocenters. The lowest BCUT2D eigenvalue weighted by molar-refractivity contribution is 0.633. The van der Waals surface area contributed by atoms with Gasteiger partial charge in [-0.25, -0.2) is 0 Å². The fourth-order valence-electron chi connectivity index (χ4n) is 2.16. The van der Waals surface area contributed by atoms with Gasteiger partial charge in [0.1, 0.15) is 5.82 Å². The second-order valence-corrected chi connectivity index (χ2v) is 5.01. The molecule has 17 heavy (non-hydrogen) atoms. The third-order valence-corrected chi connectivity index (χ3v) is 3.88. The summed E-state index contributed by atoms with van der Waals surface area (Å²) in [6, 6.07) is 8.98. The van der Waals surface area contributed by atoms with Crippen molar-refractivity contribution in [3.05, 3.63) is 24.3 Å². The molecule has 2 heterocycles. The standard InChI is InChI=1S/C12H15N3S.ClH/c1-2-6-11-10(5-1)12(15-16-11)14-8-9-4-3-7-13-9;/h1-2,5-6,9,13H,3-4,7-8H2,(H,14,15);1H. The number of halogens is 1. The third-order valence-electron chi connectivity index (χ3n) is 3.06. The van der Waals surface area contributed by atoms with Crippen molar-refractivity contribution in [2.24, 2.45) is 0 Å². The van der Waals surface area contributed by atoms with Gasteiger partial charge in [0.05, 0.1) is 4.70 Å². The molecule has 1 unspecified atom stereocenters. The maximum absolute atomic E-state index is 4.46. The smallest absolute Gasteiger partial charge is 0.147 e. The van der Waals surface area contributed by atoms with Gasteiger partial charge in [0, 0.05) is 18.0 Å². The minimum Gasteiger partial charge on any atom is -0.367 e. The molecule has 0 spiro atoms. The van der Waals surface area contributed by atoms with Crippen molar-refractivity contribution >= 4 is 39.8 Å². The molecule has 1 aliphatic rings. The SMILES string of the molecule is Cl.c1ccc2c(NCC3CCCN3)nsc2c1. The monoisotopic (exact) mass is 269 g/mol. The highest BCUT2D eigenvalue weighted by molar-refractivity contribution is 7.13. The quantitative estimate of drug-likeness (QED) is 0.900. The third kappa shape index (κ3) is 2.70. The first kappa shape index (κ1) is 12.6. The molecule has 3 nitrogen and oxygen atoms in total.